The van der Waals surface area contributed by atoms with Gasteiger partial charge in [0.1, 0.15) is 17.1 Å². The summed E-state index contributed by atoms with van der Waals surface area (Å²) < 4.78 is 5.10. The average Bonchev–Trinajstić information content (AvgIpc) is 2.55. The molecule has 0 saturated carbocycles. The summed E-state index contributed by atoms with van der Waals surface area (Å²) in [6, 6.07) is 7.04. The number of aliphatic imine (C=N–C) groups is 1. The fraction of sp³-hybridized carbons (Fsp3) is 0.235. The lowest BCUT2D eigenvalue weighted by Gasteiger charge is -2.41. The standard InChI is InChI=1S/C17H17N3O3/c1-17(11-15(21)19-14-5-3-4-10-20(14)17)16(22)18-12-6-8-13(23-2)9-7-12/h3-10H,11H2,1-2H3,(H,18,22). The molecule has 6 heteroatoms. The SMILES string of the molecule is COc1ccc(NC(=O)C2(C)CC(=O)N=C3C=CC=CN32)cc1. The quantitative estimate of drug-likeness (QED) is 0.928. The Labute approximate surface area is 134 Å². The van der Waals surface area contributed by atoms with Gasteiger partial charge in [0.15, 0.2) is 0 Å². The van der Waals surface area contributed by atoms with Gasteiger partial charge in [-0.15, -0.1) is 0 Å². The molecule has 23 heavy (non-hydrogen) atoms. The molecule has 0 bridgehead atoms. The van der Waals surface area contributed by atoms with Crippen LogP contribution in [-0.4, -0.2) is 35.2 Å². The molecule has 0 aromatic heterocycles. The van der Waals surface area contributed by atoms with Crippen LogP contribution in [0, 0.1) is 0 Å². The number of methoxy groups -OCH3 is 1. The Morgan fingerprint density at radius 3 is 2.74 bits per heavy atom. The van der Waals surface area contributed by atoms with E-state index in [1.165, 1.54) is 0 Å². The van der Waals surface area contributed by atoms with Crippen LogP contribution < -0.4 is 10.1 Å². The number of nitrogens with one attached hydrogen (secondary N) is 1. The van der Waals surface area contributed by atoms with Gasteiger partial charge in [0.05, 0.1) is 13.5 Å². The van der Waals surface area contributed by atoms with Crippen LogP contribution in [0.25, 0.3) is 0 Å². The van der Waals surface area contributed by atoms with E-state index in [1.54, 1.807) is 61.6 Å². The van der Waals surface area contributed by atoms with Gasteiger partial charge in [-0.2, -0.15) is 4.99 Å². The molecule has 1 aromatic rings. The van der Waals surface area contributed by atoms with E-state index >= 15 is 0 Å². The van der Waals surface area contributed by atoms with Gasteiger partial charge in [-0.1, -0.05) is 6.08 Å². The number of benzene rings is 1. The summed E-state index contributed by atoms with van der Waals surface area (Å²) in [6.07, 6.45) is 7.11. The van der Waals surface area contributed by atoms with Crippen LogP contribution in [0.5, 0.6) is 5.75 Å². The Bertz CT molecular complexity index is 734. The summed E-state index contributed by atoms with van der Waals surface area (Å²) in [4.78, 5) is 30.4. The molecule has 0 spiro atoms. The number of rotatable bonds is 3. The normalized spacial score (nSPS) is 22.4. The molecule has 1 atom stereocenters. The number of carbonyl (C=O) groups is 2. The van der Waals surface area contributed by atoms with Crippen molar-refractivity contribution in [2.45, 2.75) is 18.9 Å². The van der Waals surface area contributed by atoms with Crippen molar-refractivity contribution in [3.63, 3.8) is 0 Å². The highest BCUT2D eigenvalue weighted by molar-refractivity contribution is 6.11. The first-order chi connectivity index (χ1) is 11.0. The Balaban J connectivity index is 1.85. The van der Waals surface area contributed by atoms with Crippen LogP contribution >= 0.6 is 0 Å². The van der Waals surface area contributed by atoms with E-state index in [0.29, 0.717) is 17.3 Å². The molecule has 6 nitrogen and oxygen atoms in total. The molecule has 0 fully saturated rings. The maximum Gasteiger partial charge on any atom is 0.250 e. The average molecular weight is 311 g/mol. The number of fused-ring (bicyclic) bond motifs is 1. The van der Waals surface area contributed by atoms with Gasteiger partial charge >= 0.3 is 0 Å². The summed E-state index contributed by atoms with van der Waals surface area (Å²) in [5.74, 6) is 0.628. The van der Waals surface area contributed by atoms with E-state index in [9.17, 15) is 9.59 Å². The lowest BCUT2D eigenvalue weighted by molar-refractivity contribution is -0.130. The summed E-state index contributed by atoms with van der Waals surface area (Å²) in [7, 11) is 1.58. The number of anilines is 1. The van der Waals surface area contributed by atoms with Crippen molar-refractivity contribution in [2.24, 2.45) is 4.99 Å². The fourth-order valence-electron chi connectivity index (χ4n) is 2.62. The lowest BCUT2D eigenvalue weighted by atomic mass is 9.91. The predicted octanol–water partition coefficient (Wildman–Crippen LogP) is 2.11. The maximum absolute atomic E-state index is 12.8. The zero-order valence-corrected chi connectivity index (χ0v) is 12.9. The highest BCUT2D eigenvalue weighted by atomic mass is 16.5. The Morgan fingerprint density at radius 2 is 2.04 bits per heavy atom. The molecule has 0 radical (unpaired) electrons. The van der Waals surface area contributed by atoms with Gasteiger partial charge in [0.25, 0.3) is 11.8 Å². The van der Waals surface area contributed by atoms with Crippen molar-refractivity contribution in [3.05, 3.63) is 48.7 Å². The van der Waals surface area contributed by atoms with E-state index in [0.717, 1.165) is 0 Å². The third kappa shape index (κ3) is 2.75. The summed E-state index contributed by atoms with van der Waals surface area (Å²) in [5, 5.41) is 2.86. The second kappa shape index (κ2) is 5.72. The molecule has 3 rings (SSSR count). The van der Waals surface area contributed by atoms with Crippen molar-refractivity contribution in [2.75, 3.05) is 12.4 Å². The topological polar surface area (TPSA) is 71.0 Å². The minimum Gasteiger partial charge on any atom is -0.497 e. The monoisotopic (exact) mass is 311 g/mol. The van der Waals surface area contributed by atoms with Gasteiger partial charge in [0, 0.05) is 11.9 Å². The molecule has 2 aliphatic rings. The van der Waals surface area contributed by atoms with Gasteiger partial charge in [-0.05, 0) is 43.3 Å². The highest BCUT2D eigenvalue weighted by Crippen LogP contribution is 2.29. The van der Waals surface area contributed by atoms with E-state index in [1.807, 2.05) is 6.08 Å². The number of hydrogen-bond acceptors (Lipinski definition) is 4. The summed E-state index contributed by atoms with van der Waals surface area (Å²) >= 11 is 0. The van der Waals surface area contributed by atoms with Crippen molar-refractivity contribution >= 4 is 23.3 Å². The molecule has 2 amide bonds. The molecule has 1 unspecified atom stereocenters. The van der Waals surface area contributed by atoms with Crippen molar-refractivity contribution in [1.82, 2.24) is 4.90 Å². The third-order valence-corrected chi connectivity index (χ3v) is 3.94. The molecule has 2 heterocycles. The zero-order valence-electron chi connectivity index (χ0n) is 12.9. The van der Waals surface area contributed by atoms with Crippen LogP contribution in [0.1, 0.15) is 13.3 Å². The van der Waals surface area contributed by atoms with Gasteiger partial charge in [-0.3, -0.25) is 9.59 Å². The summed E-state index contributed by atoms with van der Waals surface area (Å²) in [5.41, 5.74) is -0.375. The van der Waals surface area contributed by atoms with Gasteiger partial charge < -0.3 is 15.0 Å². The molecule has 2 aliphatic heterocycles. The van der Waals surface area contributed by atoms with Gasteiger partial charge in [-0.25, -0.2) is 0 Å². The zero-order chi connectivity index (χ0) is 16.4. The van der Waals surface area contributed by atoms with E-state index in [2.05, 4.69) is 10.3 Å². The number of amidine groups is 1. The Hall–Kier alpha value is -2.89. The van der Waals surface area contributed by atoms with E-state index < -0.39 is 5.54 Å². The predicted molar refractivity (Wildman–Crippen MR) is 87.2 cm³/mol. The largest absolute Gasteiger partial charge is 0.497 e. The van der Waals surface area contributed by atoms with Crippen LogP contribution in [0.2, 0.25) is 0 Å². The van der Waals surface area contributed by atoms with Crippen LogP contribution in [0.3, 0.4) is 0 Å². The molecule has 1 N–H and O–H groups in total. The number of amides is 2. The smallest absolute Gasteiger partial charge is 0.250 e. The highest BCUT2D eigenvalue weighted by Gasteiger charge is 2.45. The third-order valence-electron chi connectivity index (χ3n) is 3.94. The first-order valence-electron chi connectivity index (χ1n) is 7.24. The minimum absolute atomic E-state index is 0.0245. The summed E-state index contributed by atoms with van der Waals surface area (Å²) in [6.45, 7) is 1.74. The number of ether oxygens (including phenoxy) is 1. The molecular weight excluding hydrogens is 294 g/mol. The second-order valence-electron chi connectivity index (χ2n) is 5.57. The minimum atomic E-state index is -1.02. The first-order valence-corrected chi connectivity index (χ1v) is 7.24. The number of hydrogen-bond donors (Lipinski definition) is 1. The maximum atomic E-state index is 12.8. The molecule has 118 valence electrons. The van der Waals surface area contributed by atoms with Crippen molar-refractivity contribution in [3.8, 4) is 5.75 Å². The number of nitrogens with zero attached hydrogens (tertiary/aromatic N) is 2. The van der Waals surface area contributed by atoms with E-state index in [-0.39, 0.29) is 18.2 Å². The second-order valence-corrected chi connectivity index (χ2v) is 5.57. The Kier molecular flexibility index (Phi) is 3.73. The molecule has 0 aliphatic carbocycles. The van der Waals surface area contributed by atoms with E-state index in [4.69, 9.17) is 4.74 Å². The van der Waals surface area contributed by atoms with Crippen LogP contribution in [-0.2, 0) is 9.59 Å². The molecule has 0 saturated heterocycles. The molecular formula is C17H17N3O3. The van der Waals surface area contributed by atoms with Crippen molar-refractivity contribution < 1.29 is 14.3 Å². The van der Waals surface area contributed by atoms with Crippen LogP contribution in [0.15, 0.2) is 53.7 Å². The van der Waals surface area contributed by atoms with Crippen LogP contribution in [0.4, 0.5) is 5.69 Å². The lowest BCUT2D eigenvalue weighted by Crippen LogP contribution is -2.58. The number of carbonyl (C=O) groups excluding carboxylic acids is 2. The number of allylic oxidation sites excluding steroid dienone is 2. The first kappa shape index (κ1) is 15.0. The van der Waals surface area contributed by atoms with Crippen molar-refractivity contribution in [1.29, 1.82) is 0 Å². The van der Waals surface area contributed by atoms with Gasteiger partial charge in [0.2, 0.25) is 0 Å². The molecule has 1 aromatic carbocycles. The fourth-order valence-corrected chi connectivity index (χ4v) is 2.62. The Morgan fingerprint density at radius 1 is 1.30 bits per heavy atom.